The number of rotatable bonds is 8. The monoisotopic (exact) mass is 370 g/mol. The molecular formula is C21H26N2O2S. The van der Waals surface area contributed by atoms with Gasteiger partial charge in [-0.1, -0.05) is 43.2 Å². The van der Waals surface area contributed by atoms with Gasteiger partial charge in [0.05, 0.1) is 11.0 Å². The molecule has 138 valence electrons. The van der Waals surface area contributed by atoms with Gasteiger partial charge in [0, 0.05) is 11.4 Å². The van der Waals surface area contributed by atoms with Crippen LogP contribution in [0.5, 0.6) is 0 Å². The summed E-state index contributed by atoms with van der Waals surface area (Å²) in [6.07, 6.45) is 2.14. The van der Waals surface area contributed by atoms with E-state index >= 15 is 0 Å². The third-order valence-electron chi connectivity index (χ3n) is 3.93. The average Bonchev–Trinajstić information content (AvgIpc) is 2.63. The van der Waals surface area contributed by atoms with Gasteiger partial charge in [-0.3, -0.25) is 9.59 Å². The Kier molecular flexibility index (Phi) is 7.73. The summed E-state index contributed by atoms with van der Waals surface area (Å²) in [5.74, 6) is 0.0292. The highest BCUT2D eigenvalue weighted by Crippen LogP contribution is 2.16. The zero-order valence-electron chi connectivity index (χ0n) is 15.5. The Labute approximate surface area is 159 Å². The van der Waals surface area contributed by atoms with E-state index < -0.39 is 0 Å². The van der Waals surface area contributed by atoms with E-state index in [0.29, 0.717) is 0 Å². The highest BCUT2D eigenvalue weighted by molar-refractivity contribution is 8.01. The second kappa shape index (κ2) is 10.0. The van der Waals surface area contributed by atoms with Crippen LogP contribution in [0.15, 0.2) is 48.5 Å². The van der Waals surface area contributed by atoms with Crippen molar-refractivity contribution < 1.29 is 9.59 Å². The molecule has 2 aromatic rings. The summed E-state index contributed by atoms with van der Waals surface area (Å²) in [4.78, 5) is 24.3. The number of amides is 2. The second-order valence-electron chi connectivity index (χ2n) is 6.30. The van der Waals surface area contributed by atoms with Crippen LogP contribution in [0, 0.1) is 6.92 Å². The number of benzene rings is 2. The molecule has 2 amide bonds. The zero-order valence-corrected chi connectivity index (χ0v) is 16.4. The lowest BCUT2D eigenvalue weighted by Crippen LogP contribution is -2.25. The molecule has 0 aromatic heterocycles. The van der Waals surface area contributed by atoms with Crippen LogP contribution in [0.1, 0.15) is 31.4 Å². The Hall–Kier alpha value is -2.27. The lowest BCUT2D eigenvalue weighted by atomic mass is 10.1. The molecule has 5 heteroatoms. The maximum atomic E-state index is 12.3. The number of carbonyl (C=O) groups excluding carboxylic acids is 2. The summed E-state index contributed by atoms with van der Waals surface area (Å²) in [5, 5.41) is 5.43. The summed E-state index contributed by atoms with van der Waals surface area (Å²) in [7, 11) is 0. The number of hydrogen-bond acceptors (Lipinski definition) is 3. The third kappa shape index (κ3) is 6.56. The first-order valence-corrected chi connectivity index (χ1v) is 9.90. The molecule has 0 radical (unpaired) electrons. The fourth-order valence-electron chi connectivity index (χ4n) is 2.40. The lowest BCUT2D eigenvalue weighted by molar-refractivity contribution is -0.115. The van der Waals surface area contributed by atoms with Gasteiger partial charge in [0.25, 0.3) is 0 Å². The minimum atomic E-state index is -0.311. The van der Waals surface area contributed by atoms with Gasteiger partial charge in [-0.25, -0.2) is 0 Å². The predicted octanol–water partition coefficient (Wildman–Crippen LogP) is 4.65. The molecule has 4 nitrogen and oxygen atoms in total. The first kappa shape index (κ1) is 20.0. The molecule has 0 spiro atoms. The SMILES string of the molecule is CCCc1ccc(NC(=O)C(C)SCC(=O)Nc2ccc(C)cc2)cc1. The molecule has 0 saturated heterocycles. The van der Waals surface area contributed by atoms with Crippen molar-refractivity contribution in [3.8, 4) is 0 Å². The molecule has 2 N–H and O–H groups in total. The number of thioether (sulfide) groups is 1. The molecule has 0 fully saturated rings. The largest absolute Gasteiger partial charge is 0.325 e. The van der Waals surface area contributed by atoms with Crippen molar-refractivity contribution in [3.63, 3.8) is 0 Å². The van der Waals surface area contributed by atoms with Gasteiger partial charge in [-0.05, 0) is 50.1 Å². The molecule has 0 aliphatic rings. The van der Waals surface area contributed by atoms with Crippen LogP contribution in [0.25, 0.3) is 0 Å². The Morgan fingerprint density at radius 3 is 2.15 bits per heavy atom. The quantitative estimate of drug-likeness (QED) is 0.711. The van der Waals surface area contributed by atoms with Crippen LogP contribution in [0.4, 0.5) is 11.4 Å². The van der Waals surface area contributed by atoms with Gasteiger partial charge in [-0.15, -0.1) is 11.8 Å². The minimum absolute atomic E-state index is 0.0959. The molecular weight excluding hydrogens is 344 g/mol. The third-order valence-corrected chi connectivity index (χ3v) is 5.07. The van der Waals surface area contributed by atoms with Gasteiger partial charge in [0.1, 0.15) is 0 Å². The molecule has 0 aliphatic heterocycles. The lowest BCUT2D eigenvalue weighted by Gasteiger charge is -2.12. The summed E-state index contributed by atoms with van der Waals surface area (Å²) in [6, 6.07) is 15.5. The smallest absolute Gasteiger partial charge is 0.237 e. The van der Waals surface area contributed by atoms with Crippen LogP contribution in [-0.2, 0) is 16.0 Å². The molecule has 0 bridgehead atoms. The van der Waals surface area contributed by atoms with E-state index in [9.17, 15) is 9.59 Å². The van der Waals surface area contributed by atoms with E-state index in [4.69, 9.17) is 0 Å². The normalized spacial score (nSPS) is 11.7. The minimum Gasteiger partial charge on any atom is -0.325 e. The average molecular weight is 371 g/mol. The van der Waals surface area contributed by atoms with Gasteiger partial charge in [0.2, 0.25) is 11.8 Å². The Morgan fingerprint density at radius 2 is 1.54 bits per heavy atom. The Bertz CT molecular complexity index is 727. The number of carbonyl (C=O) groups is 2. The van der Waals surface area contributed by atoms with E-state index in [0.717, 1.165) is 29.8 Å². The summed E-state index contributed by atoms with van der Waals surface area (Å²) < 4.78 is 0. The van der Waals surface area contributed by atoms with Crippen molar-refractivity contribution >= 4 is 35.0 Å². The molecule has 26 heavy (non-hydrogen) atoms. The highest BCUT2D eigenvalue weighted by atomic mass is 32.2. The van der Waals surface area contributed by atoms with Gasteiger partial charge in [0.15, 0.2) is 0 Å². The molecule has 0 aliphatic carbocycles. The molecule has 1 unspecified atom stereocenters. The van der Waals surface area contributed by atoms with E-state index in [1.165, 1.54) is 17.3 Å². The van der Waals surface area contributed by atoms with E-state index in [1.54, 1.807) is 0 Å². The van der Waals surface area contributed by atoms with Gasteiger partial charge < -0.3 is 10.6 Å². The number of anilines is 2. The van der Waals surface area contributed by atoms with Crippen LogP contribution in [-0.4, -0.2) is 22.8 Å². The summed E-state index contributed by atoms with van der Waals surface area (Å²) >= 11 is 1.32. The van der Waals surface area contributed by atoms with Crippen molar-refractivity contribution in [3.05, 3.63) is 59.7 Å². The maximum Gasteiger partial charge on any atom is 0.237 e. The number of aryl methyl sites for hydroxylation is 2. The topological polar surface area (TPSA) is 58.2 Å². The van der Waals surface area contributed by atoms with Crippen molar-refractivity contribution in [1.29, 1.82) is 0 Å². The first-order chi connectivity index (χ1) is 12.5. The van der Waals surface area contributed by atoms with Crippen molar-refractivity contribution in [2.24, 2.45) is 0 Å². The predicted molar refractivity (Wildman–Crippen MR) is 111 cm³/mol. The Morgan fingerprint density at radius 1 is 0.962 bits per heavy atom. The van der Waals surface area contributed by atoms with Crippen molar-refractivity contribution in [2.45, 2.75) is 38.9 Å². The van der Waals surface area contributed by atoms with Crippen LogP contribution in [0.2, 0.25) is 0 Å². The molecule has 0 saturated carbocycles. The van der Waals surface area contributed by atoms with Gasteiger partial charge in [-0.2, -0.15) is 0 Å². The summed E-state index contributed by atoms with van der Waals surface area (Å²) in [6.45, 7) is 5.95. The zero-order chi connectivity index (χ0) is 18.9. The van der Waals surface area contributed by atoms with Crippen LogP contribution in [0.3, 0.4) is 0 Å². The number of hydrogen-bond donors (Lipinski definition) is 2. The molecule has 2 aromatic carbocycles. The van der Waals surface area contributed by atoms with Crippen LogP contribution < -0.4 is 10.6 Å². The Balaban J connectivity index is 1.77. The standard InChI is InChI=1S/C21H26N2O2S/c1-4-5-17-8-12-19(13-9-17)23-21(25)16(3)26-14-20(24)22-18-10-6-15(2)7-11-18/h6-13,16H,4-5,14H2,1-3H3,(H,22,24)(H,23,25). The van der Waals surface area contributed by atoms with Crippen LogP contribution >= 0.6 is 11.8 Å². The van der Waals surface area contributed by atoms with E-state index in [1.807, 2.05) is 62.4 Å². The van der Waals surface area contributed by atoms with E-state index in [-0.39, 0.29) is 22.8 Å². The fraction of sp³-hybridized carbons (Fsp3) is 0.333. The molecule has 0 heterocycles. The van der Waals surface area contributed by atoms with Crippen molar-refractivity contribution in [2.75, 3.05) is 16.4 Å². The van der Waals surface area contributed by atoms with Crippen molar-refractivity contribution in [1.82, 2.24) is 0 Å². The first-order valence-electron chi connectivity index (χ1n) is 8.86. The maximum absolute atomic E-state index is 12.3. The highest BCUT2D eigenvalue weighted by Gasteiger charge is 2.15. The fourth-order valence-corrected chi connectivity index (χ4v) is 3.08. The van der Waals surface area contributed by atoms with Gasteiger partial charge >= 0.3 is 0 Å². The van der Waals surface area contributed by atoms with E-state index in [2.05, 4.69) is 17.6 Å². The number of nitrogens with one attached hydrogen (secondary N) is 2. The summed E-state index contributed by atoms with van der Waals surface area (Å²) in [5.41, 5.74) is 3.96. The second-order valence-corrected chi connectivity index (χ2v) is 7.63. The molecule has 1 atom stereocenters. The molecule has 2 rings (SSSR count).